The minimum absolute atomic E-state index is 0.267. The smallest absolute Gasteiger partial charge is 0.344 e. The van der Waals surface area contributed by atoms with Crippen molar-refractivity contribution in [2.45, 2.75) is 13.8 Å². The van der Waals surface area contributed by atoms with E-state index in [4.69, 9.17) is 9.26 Å². The lowest BCUT2D eigenvalue weighted by Gasteiger charge is -2.06. The molecule has 0 spiro atoms. The summed E-state index contributed by atoms with van der Waals surface area (Å²) in [5, 5.41) is 3.70. The molecule has 0 amide bonds. The molecular weight excluding hydrogens is 398 g/mol. The molecular formula is C20H16BrNO4. The fraction of sp³-hybridized carbons (Fsp3) is 0.150. The zero-order valence-electron chi connectivity index (χ0n) is 14.3. The first-order chi connectivity index (χ1) is 12.5. The number of Topliss-reactive ketones (excluding diaryl/α,β-unsaturated/α-hetero) is 1. The van der Waals surface area contributed by atoms with Crippen LogP contribution in [0.15, 0.2) is 57.5 Å². The third-order valence-electron chi connectivity index (χ3n) is 3.96. The molecule has 0 radical (unpaired) electrons. The van der Waals surface area contributed by atoms with Crippen LogP contribution in [0.2, 0.25) is 0 Å². The molecule has 0 aliphatic heterocycles. The van der Waals surface area contributed by atoms with Crippen LogP contribution in [-0.2, 0) is 4.74 Å². The molecule has 0 unspecified atom stereocenters. The van der Waals surface area contributed by atoms with Crippen molar-refractivity contribution >= 4 is 27.7 Å². The fourth-order valence-electron chi connectivity index (χ4n) is 2.55. The van der Waals surface area contributed by atoms with Crippen molar-refractivity contribution in [2.24, 2.45) is 0 Å². The lowest BCUT2D eigenvalue weighted by molar-refractivity contribution is 0.0472. The lowest BCUT2D eigenvalue weighted by atomic mass is 10.0. The number of rotatable bonds is 5. The summed E-state index contributed by atoms with van der Waals surface area (Å²) < 4.78 is 11.0. The first-order valence-corrected chi connectivity index (χ1v) is 8.74. The number of hydrogen-bond acceptors (Lipinski definition) is 5. The first kappa shape index (κ1) is 18.1. The van der Waals surface area contributed by atoms with Crippen molar-refractivity contribution < 1.29 is 18.8 Å². The molecule has 0 aliphatic carbocycles. The average molecular weight is 414 g/mol. The molecule has 26 heavy (non-hydrogen) atoms. The molecule has 0 fully saturated rings. The summed E-state index contributed by atoms with van der Waals surface area (Å²) in [6.45, 7) is 2.94. The molecule has 0 N–H and O–H groups in total. The monoisotopic (exact) mass is 413 g/mol. The van der Waals surface area contributed by atoms with E-state index in [1.54, 1.807) is 26.0 Å². The van der Waals surface area contributed by atoms with Crippen LogP contribution < -0.4 is 0 Å². The summed E-state index contributed by atoms with van der Waals surface area (Å²) in [6.07, 6.45) is 0. The van der Waals surface area contributed by atoms with E-state index < -0.39 is 5.97 Å². The molecule has 0 saturated carbocycles. The fourth-order valence-corrected chi connectivity index (χ4v) is 2.82. The average Bonchev–Trinajstić information content (AvgIpc) is 2.99. The Labute approximate surface area is 159 Å². The number of nitrogens with zero attached hydrogens (tertiary/aromatic N) is 1. The van der Waals surface area contributed by atoms with E-state index in [2.05, 4.69) is 21.1 Å². The molecule has 5 nitrogen and oxygen atoms in total. The molecule has 132 valence electrons. The van der Waals surface area contributed by atoms with Gasteiger partial charge in [-0.1, -0.05) is 57.5 Å². The Balaban J connectivity index is 1.65. The summed E-state index contributed by atoms with van der Waals surface area (Å²) in [6, 6.07) is 15.1. The second kappa shape index (κ2) is 7.66. The van der Waals surface area contributed by atoms with Gasteiger partial charge in [-0.05, 0) is 37.1 Å². The molecule has 0 saturated heterocycles. The van der Waals surface area contributed by atoms with E-state index in [0.717, 1.165) is 15.6 Å². The molecule has 2 aromatic carbocycles. The number of hydrogen-bond donors (Lipinski definition) is 0. The number of esters is 1. The zero-order valence-corrected chi connectivity index (χ0v) is 15.9. The highest BCUT2D eigenvalue weighted by Crippen LogP contribution is 2.22. The number of carbonyl (C=O) groups excluding carboxylic acids is 2. The number of halogens is 1. The van der Waals surface area contributed by atoms with Gasteiger partial charge in [0, 0.05) is 10.0 Å². The van der Waals surface area contributed by atoms with E-state index in [1.807, 2.05) is 36.4 Å². The molecule has 0 aliphatic rings. The third kappa shape index (κ3) is 3.91. The van der Waals surface area contributed by atoms with Gasteiger partial charge in [0.15, 0.2) is 12.4 Å². The minimum Gasteiger partial charge on any atom is -0.454 e. The maximum absolute atomic E-state index is 12.3. The topological polar surface area (TPSA) is 69.4 Å². The second-order valence-corrected chi connectivity index (χ2v) is 6.70. The number of aromatic nitrogens is 1. The highest BCUT2D eigenvalue weighted by molar-refractivity contribution is 9.10. The van der Waals surface area contributed by atoms with Crippen molar-refractivity contribution in [2.75, 3.05) is 6.61 Å². The SMILES string of the molecule is Cc1noc(C)c1C(=O)OCC(=O)c1ccc(-c2ccc(Br)cc2)cc1. The molecule has 1 heterocycles. The number of carbonyl (C=O) groups is 2. The first-order valence-electron chi connectivity index (χ1n) is 7.95. The van der Waals surface area contributed by atoms with Gasteiger partial charge in [0.25, 0.3) is 0 Å². The number of ether oxygens (including phenoxy) is 1. The maximum atomic E-state index is 12.3. The van der Waals surface area contributed by atoms with E-state index in [1.165, 1.54) is 0 Å². The normalized spacial score (nSPS) is 10.6. The van der Waals surface area contributed by atoms with Crippen molar-refractivity contribution in [1.29, 1.82) is 0 Å². The Bertz CT molecular complexity index is 923. The Morgan fingerprint density at radius 2 is 1.58 bits per heavy atom. The molecule has 3 aromatic rings. The number of benzene rings is 2. The summed E-state index contributed by atoms with van der Waals surface area (Å²) in [5.41, 5.74) is 3.25. The second-order valence-electron chi connectivity index (χ2n) is 5.78. The summed E-state index contributed by atoms with van der Waals surface area (Å²) in [7, 11) is 0. The molecule has 0 atom stereocenters. The summed E-state index contributed by atoms with van der Waals surface area (Å²) in [4.78, 5) is 24.3. The van der Waals surface area contributed by atoms with Crippen molar-refractivity contribution in [3.63, 3.8) is 0 Å². The van der Waals surface area contributed by atoms with Gasteiger partial charge in [0.1, 0.15) is 11.3 Å². The van der Waals surface area contributed by atoms with Gasteiger partial charge in [-0.2, -0.15) is 0 Å². The van der Waals surface area contributed by atoms with Gasteiger partial charge in [0.2, 0.25) is 0 Å². The van der Waals surface area contributed by atoms with E-state index >= 15 is 0 Å². The van der Waals surface area contributed by atoms with Crippen LogP contribution in [0.4, 0.5) is 0 Å². The highest BCUT2D eigenvalue weighted by atomic mass is 79.9. The van der Waals surface area contributed by atoms with Crippen LogP contribution in [0, 0.1) is 13.8 Å². The van der Waals surface area contributed by atoms with Crippen LogP contribution in [0.25, 0.3) is 11.1 Å². The van der Waals surface area contributed by atoms with Crippen LogP contribution in [0.3, 0.4) is 0 Å². The van der Waals surface area contributed by atoms with E-state index in [0.29, 0.717) is 17.0 Å². The van der Waals surface area contributed by atoms with Crippen LogP contribution in [-0.4, -0.2) is 23.5 Å². The van der Waals surface area contributed by atoms with Crippen LogP contribution in [0.5, 0.6) is 0 Å². The van der Waals surface area contributed by atoms with Gasteiger partial charge >= 0.3 is 5.97 Å². The summed E-state index contributed by atoms with van der Waals surface area (Å²) >= 11 is 3.40. The standard InChI is InChI=1S/C20H16BrNO4/c1-12-19(13(2)26-22-12)20(24)25-11-18(23)16-5-3-14(4-6-16)15-7-9-17(21)10-8-15/h3-10H,11H2,1-2H3. The molecule has 6 heteroatoms. The summed E-state index contributed by atoms with van der Waals surface area (Å²) in [5.74, 6) is -0.507. The minimum atomic E-state index is -0.610. The lowest BCUT2D eigenvalue weighted by Crippen LogP contribution is -2.15. The quantitative estimate of drug-likeness (QED) is 0.445. The largest absolute Gasteiger partial charge is 0.454 e. The molecule has 0 bridgehead atoms. The van der Waals surface area contributed by atoms with Crippen molar-refractivity contribution in [3.05, 3.63) is 75.6 Å². The predicted octanol–water partition coefficient (Wildman–Crippen LogP) is 4.76. The maximum Gasteiger partial charge on any atom is 0.344 e. The Hall–Kier alpha value is -2.73. The highest BCUT2D eigenvalue weighted by Gasteiger charge is 2.20. The molecule has 1 aromatic heterocycles. The zero-order chi connectivity index (χ0) is 18.7. The van der Waals surface area contributed by atoms with Gasteiger partial charge in [-0.15, -0.1) is 0 Å². The van der Waals surface area contributed by atoms with Gasteiger partial charge in [-0.25, -0.2) is 4.79 Å². The van der Waals surface area contributed by atoms with Crippen LogP contribution in [0.1, 0.15) is 32.2 Å². The van der Waals surface area contributed by atoms with Crippen molar-refractivity contribution in [3.8, 4) is 11.1 Å². The Morgan fingerprint density at radius 3 is 2.12 bits per heavy atom. The number of aryl methyl sites for hydroxylation is 2. The van der Waals surface area contributed by atoms with Crippen LogP contribution >= 0.6 is 15.9 Å². The van der Waals surface area contributed by atoms with E-state index in [-0.39, 0.29) is 18.0 Å². The Morgan fingerprint density at radius 1 is 1.00 bits per heavy atom. The van der Waals surface area contributed by atoms with Gasteiger partial charge in [0.05, 0.1) is 5.69 Å². The van der Waals surface area contributed by atoms with E-state index in [9.17, 15) is 9.59 Å². The Kier molecular flexibility index (Phi) is 5.32. The van der Waals surface area contributed by atoms with Gasteiger partial charge in [-0.3, -0.25) is 4.79 Å². The number of ketones is 1. The molecule has 3 rings (SSSR count). The third-order valence-corrected chi connectivity index (χ3v) is 4.48. The van der Waals surface area contributed by atoms with Crippen molar-refractivity contribution in [1.82, 2.24) is 5.16 Å². The van der Waals surface area contributed by atoms with Gasteiger partial charge < -0.3 is 9.26 Å². The predicted molar refractivity (Wildman–Crippen MR) is 100 cm³/mol.